The molecule has 3 rings (SSSR count). The van der Waals surface area contributed by atoms with Gasteiger partial charge in [-0.05, 0) is 48.7 Å². The zero-order valence-corrected chi connectivity index (χ0v) is 16.1. The van der Waals surface area contributed by atoms with Crippen LogP contribution in [0.1, 0.15) is 28.2 Å². The standard InChI is InChI=1S/C18H22N2.C4H4O4/c1-13-10-15-8-9-20(2)12-17(16(15)11-18(13)19)14-6-4-3-5-7-14;5-3(6)1-2-4(7)8/h3-7,10-11,17H,8-9,12,19H2,1-2H3;1-2H,(H,5,6)(H,7,8)/b;2-1-/t17-;/m1./s1. The Kier molecular flexibility index (Phi) is 7.35. The molecule has 0 saturated carbocycles. The molecule has 0 bridgehead atoms. The number of nitrogens with zero attached hydrogens (tertiary/aromatic N) is 1. The summed E-state index contributed by atoms with van der Waals surface area (Å²) >= 11 is 0. The summed E-state index contributed by atoms with van der Waals surface area (Å²) in [5.41, 5.74) is 12.5. The molecule has 0 amide bonds. The van der Waals surface area contributed by atoms with E-state index in [4.69, 9.17) is 15.9 Å². The van der Waals surface area contributed by atoms with Crippen LogP contribution in [0.15, 0.2) is 54.6 Å². The van der Waals surface area contributed by atoms with E-state index >= 15 is 0 Å². The quantitative estimate of drug-likeness (QED) is 0.557. The van der Waals surface area contributed by atoms with Crippen LogP contribution in [-0.2, 0) is 16.0 Å². The topological polar surface area (TPSA) is 104 Å². The van der Waals surface area contributed by atoms with Crippen molar-refractivity contribution in [3.63, 3.8) is 0 Å². The first-order valence-electron chi connectivity index (χ1n) is 9.04. The molecule has 1 aliphatic rings. The molecule has 0 unspecified atom stereocenters. The van der Waals surface area contributed by atoms with E-state index in [1.54, 1.807) is 0 Å². The summed E-state index contributed by atoms with van der Waals surface area (Å²) in [7, 11) is 2.21. The van der Waals surface area contributed by atoms with E-state index in [-0.39, 0.29) is 0 Å². The van der Waals surface area contributed by atoms with E-state index in [1.165, 1.54) is 22.3 Å². The molecule has 1 atom stereocenters. The molecule has 6 nitrogen and oxygen atoms in total. The lowest BCUT2D eigenvalue weighted by atomic mass is 9.87. The van der Waals surface area contributed by atoms with E-state index in [0.717, 1.165) is 25.2 Å². The molecule has 148 valence electrons. The van der Waals surface area contributed by atoms with Crippen molar-refractivity contribution >= 4 is 17.6 Å². The van der Waals surface area contributed by atoms with Crippen LogP contribution in [0.25, 0.3) is 0 Å². The monoisotopic (exact) mass is 382 g/mol. The normalized spacial score (nSPS) is 16.6. The lowest BCUT2D eigenvalue weighted by Crippen LogP contribution is -2.24. The number of nitrogens with two attached hydrogens (primary N) is 1. The maximum absolute atomic E-state index is 9.55. The number of hydrogen-bond donors (Lipinski definition) is 3. The maximum Gasteiger partial charge on any atom is 0.328 e. The SMILES string of the molecule is Cc1cc2c(cc1N)[C@@H](c1ccccc1)CN(C)CC2.O=C(O)/C=C\C(=O)O. The summed E-state index contributed by atoms with van der Waals surface area (Å²) in [6, 6.07) is 15.2. The third kappa shape index (κ3) is 5.96. The average Bonchev–Trinajstić information content (AvgIpc) is 2.81. The molecule has 4 N–H and O–H groups in total. The molecule has 0 radical (unpaired) electrons. The van der Waals surface area contributed by atoms with Crippen molar-refractivity contribution in [2.45, 2.75) is 19.3 Å². The number of likely N-dealkylation sites (N-methyl/N-ethyl adjacent to an activating group) is 1. The van der Waals surface area contributed by atoms with Crippen LogP contribution in [0.5, 0.6) is 0 Å². The summed E-state index contributed by atoms with van der Waals surface area (Å²) in [5.74, 6) is -2.10. The van der Waals surface area contributed by atoms with Crippen LogP contribution in [0.3, 0.4) is 0 Å². The predicted molar refractivity (Wildman–Crippen MR) is 109 cm³/mol. The second-order valence-corrected chi connectivity index (χ2v) is 6.89. The molecule has 0 aliphatic carbocycles. The maximum atomic E-state index is 9.55. The molecule has 28 heavy (non-hydrogen) atoms. The van der Waals surface area contributed by atoms with E-state index in [1.807, 2.05) is 0 Å². The molecular weight excluding hydrogens is 356 g/mol. The first-order chi connectivity index (χ1) is 13.3. The van der Waals surface area contributed by atoms with Crippen molar-refractivity contribution in [3.8, 4) is 0 Å². The minimum atomic E-state index is -1.26. The van der Waals surface area contributed by atoms with Crippen LogP contribution in [0, 0.1) is 6.92 Å². The third-order valence-electron chi connectivity index (χ3n) is 4.73. The number of nitrogen functional groups attached to an aromatic ring is 1. The molecule has 0 saturated heterocycles. The van der Waals surface area contributed by atoms with E-state index in [2.05, 4.69) is 61.3 Å². The minimum absolute atomic E-state index is 0.418. The van der Waals surface area contributed by atoms with Gasteiger partial charge in [0.2, 0.25) is 0 Å². The number of carboxylic acids is 2. The van der Waals surface area contributed by atoms with Crippen LogP contribution in [-0.4, -0.2) is 47.2 Å². The van der Waals surface area contributed by atoms with Gasteiger partial charge in [0, 0.05) is 36.8 Å². The van der Waals surface area contributed by atoms with Crippen LogP contribution >= 0.6 is 0 Å². The Bertz CT molecular complexity index is 846. The lowest BCUT2D eigenvalue weighted by molar-refractivity contribution is -0.134. The highest BCUT2D eigenvalue weighted by molar-refractivity contribution is 5.89. The highest BCUT2D eigenvalue weighted by atomic mass is 16.4. The van der Waals surface area contributed by atoms with Crippen LogP contribution < -0.4 is 5.73 Å². The Hall–Kier alpha value is -3.12. The second kappa shape index (κ2) is 9.71. The molecule has 6 heteroatoms. The van der Waals surface area contributed by atoms with Gasteiger partial charge in [-0.25, -0.2) is 9.59 Å². The number of rotatable bonds is 3. The fraction of sp³-hybridized carbons (Fsp3) is 0.273. The van der Waals surface area contributed by atoms with Gasteiger partial charge in [-0.2, -0.15) is 0 Å². The first-order valence-corrected chi connectivity index (χ1v) is 9.04. The fourth-order valence-corrected chi connectivity index (χ4v) is 3.27. The zero-order chi connectivity index (χ0) is 20.7. The molecular formula is C22H26N2O4. The number of anilines is 1. The van der Waals surface area contributed by atoms with E-state index in [0.29, 0.717) is 18.1 Å². The number of aryl methyl sites for hydroxylation is 1. The Balaban J connectivity index is 0.000000300. The van der Waals surface area contributed by atoms with E-state index in [9.17, 15) is 9.59 Å². The van der Waals surface area contributed by atoms with Crippen molar-refractivity contribution in [2.24, 2.45) is 0 Å². The molecule has 0 fully saturated rings. The fourth-order valence-electron chi connectivity index (χ4n) is 3.27. The Morgan fingerprint density at radius 2 is 1.71 bits per heavy atom. The van der Waals surface area contributed by atoms with Gasteiger partial charge in [0.1, 0.15) is 0 Å². The molecule has 0 spiro atoms. The summed E-state index contributed by atoms with van der Waals surface area (Å²) in [6.07, 6.45) is 2.22. The van der Waals surface area contributed by atoms with Gasteiger partial charge < -0.3 is 20.8 Å². The number of hydrogen-bond acceptors (Lipinski definition) is 4. The van der Waals surface area contributed by atoms with Gasteiger partial charge in [0.25, 0.3) is 0 Å². The van der Waals surface area contributed by atoms with Gasteiger partial charge in [0.15, 0.2) is 0 Å². The lowest BCUT2D eigenvalue weighted by Gasteiger charge is -2.22. The largest absolute Gasteiger partial charge is 0.478 e. The molecule has 2 aromatic carbocycles. The van der Waals surface area contributed by atoms with Crippen molar-refractivity contribution in [1.82, 2.24) is 4.90 Å². The minimum Gasteiger partial charge on any atom is -0.478 e. The van der Waals surface area contributed by atoms with Crippen molar-refractivity contribution in [1.29, 1.82) is 0 Å². The van der Waals surface area contributed by atoms with Crippen LogP contribution in [0.2, 0.25) is 0 Å². The predicted octanol–water partition coefficient (Wildman–Crippen LogP) is 2.91. The number of fused-ring (bicyclic) bond motifs is 1. The van der Waals surface area contributed by atoms with Crippen molar-refractivity contribution in [2.75, 3.05) is 25.9 Å². The molecule has 2 aromatic rings. The number of benzene rings is 2. The summed E-state index contributed by atoms with van der Waals surface area (Å²) < 4.78 is 0. The smallest absolute Gasteiger partial charge is 0.328 e. The molecule has 0 aromatic heterocycles. The Morgan fingerprint density at radius 3 is 2.29 bits per heavy atom. The van der Waals surface area contributed by atoms with Crippen molar-refractivity contribution in [3.05, 3.63) is 76.9 Å². The van der Waals surface area contributed by atoms with E-state index < -0.39 is 11.9 Å². The molecule has 1 heterocycles. The first kappa shape index (κ1) is 21.2. The number of carboxylic acid groups (broad SMARTS) is 2. The average molecular weight is 382 g/mol. The number of carbonyl (C=O) groups is 2. The Labute approximate surface area is 164 Å². The van der Waals surface area contributed by atoms with Gasteiger partial charge in [0.05, 0.1) is 0 Å². The summed E-state index contributed by atoms with van der Waals surface area (Å²) in [4.78, 5) is 21.5. The zero-order valence-electron chi connectivity index (χ0n) is 16.1. The summed E-state index contributed by atoms with van der Waals surface area (Å²) in [6.45, 7) is 4.26. The van der Waals surface area contributed by atoms with Gasteiger partial charge >= 0.3 is 11.9 Å². The van der Waals surface area contributed by atoms with Crippen molar-refractivity contribution < 1.29 is 19.8 Å². The third-order valence-corrected chi connectivity index (χ3v) is 4.73. The number of aliphatic carboxylic acids is 2. The van der Waals surface area contributed by atoms with Gasteiger partial charge in [-0.3, -0.25) is 0 Å². The van der Waals surface area contributed by atoms with Crippen LogP contribution in [0.4, 0.5) is 5.69 Å². The highest BCUT2D eigenvalue weighted by Gasteiger charge is 2.23. The van der Waals surface area contributed by atoms with Gasteiger partial charge in [-0.15, -0.1) is 0 Å². The highest BCUT2D eigenvalue weighted by Crippen LogP contribution is 2.33. The van der Waals surface area contributed by atoms with Gasteiger partial charge in [-0.1, -0.05) is 36.4 Å². The Morgan fingerprint density at radius 1 is 1.11 bits per heavy atom. The molecule has 1 aliphatic heterocycles. The summed E-state index contributed by atoms with van der Waals surface area (Å²) in [5, 5.41) is 15.6. The second-order valence-electron chi connectivity index (χ2n) is 6.89.